The Labute approximate surface area is 167 Å². The van der Waals surface area contributed by atoms with Crippen molar-refractivity contribution in [1.82, 2.24) is 9.80 Å². The van der Waals surface area contributed by atoms with Crippen molar-refractivity contribution in [1.29, 1.82) is 0 Å². The van der Waals surface area contributed by atoms with E-state index in [1.807, 2.05) is 37.3 Å². The minimum atomic E-state index is -0.0263. The van der Waals surface area contributed by atoms with E-state index in [4.69, 9.17) is 4.42 Å². The summed E-state index contributed by atoms with van der Waals surface area (Å²) in [6.07, 6.45) is 5.13. The first-order chi connectivity index (χ1) is 13.6. The second-order valence-electron chi connectivity index (χ2n) is 7.63. The Bertz CT molecular complexity index is 753. The topological polar surface area (TPSA) is 53.8 Å². The second kappa shape index (κ2) is 9.58. The molecule has 0 aliphatic heterocycles. The van der Waals surface area contributed by atoms with E-state index < -0.39 is 0 Å². The Hall–Kier alpha value is -2.56. The van der Waals surface area contributed by atoms with Gasteiger partial charge < -0.3 is 14.2 Å². The van der Waals surface area contributed by atoms with Crippen LogP contribution in [0, 0.1) is 5.92 Å². The number of amides is 2. The number of nitrogens with zero attached hydrogens (tertiary/aromatic N) is 2. The van der Waals surface area contributed by atoms with Crippen molar-refractivity contribution in [3.63, 3.8) is 0 Å². The van der Waals surface area contributed by atoms with Gasteiger partial charge in [0.05, 0.1) is 12.8 Å². The summed E-state index contributed by atoms with van der Waals surface area (Å²) in [7, 11) is 0. The van der Waals surface area contributed by atoms with E-state index in [0.717, 1.165) is 31.4 Å². The molecule has 1 aliphatic carbocycles. The van der Waals surface area contributed by atoms with E-state index in [-0.39, 0.29) is 30.3 Å². The Morgan fingerprint density at radius 1 is 1.14 bits per heavy atom. The van der Waals surface area contributed by atoms with Crippen LogP contribution in [0.25, 0.3) is 0 Å². The molecule has 28 heavy (non-hydrogen) atoms. The van der Waals surface area contributed by atoms with Gasteiger partial charge in [-0.25, -0.2) is 0 Å². The van der Waals surface area contributed by atoms with Gasteiger partial charge in [0.25, 0.3) is 0 Å². The normalized spacial score (nSPS) is 14.5. The van der Waals surface area contributed by atoms with Gasteiger partial charge in [0.15, 0.2) is 0 Å². The van der Waals surface area contributed by atoms with Crippen molar-refractivity contribution in [2.24, 2.45) is 5.92 Å². The minimum Gasteiger partial charge on any atom is -0.467 e. The van der Waals surface area contributed by atoms with Gasteiger partial charge in [-0.05, 0) is 50.3 Å². The van der Waals surface area contributed by atoms with Crippen LogP contribution < -0.4 is 0 Å². The van der Waals surface area contributed by atoms with Crippen molar-refractivity contribution in [2.45, 2.75) is 52.1 Å². The van der Waals surface area contributed by atoms with Gasteiger partial charge in [0.1, 0.15) is 12.3 Å². The Morgan fingerprint density at radius 3 is 2.50 bits per heavy atom. The monoisotopic (exact) mass is 382 g/mol. The van der Waals surface area contributed by atoms with Gasteiger partial charge in [-0.2, -0.15) is 0 Å². The molecular formula is C23H30N2O3. The molecule has 2 aromatic rings. The molecule has 5 nitrogen and oxygen atoms in total. The van der Waals surface area contributed by atoms with Crippen molar-refractivity contribution < 1.29 is 14.0 Å². The van der Waals surface area contributed by atoms with E-state index >= 15 is 0 Å². The van der Waals surface area contributed by atoms with Crippen molar-refractivity contribution in [3.8, 4) is 0 Å². The van der Waals surface area contributed by atoms with E-state index in [0.29, 0.717) is 13.1 Å². The molecular weight excluding hydrogens is 352 g/mol. The molecule has 0 bridgehead atoms. The molecule has 150 valence electrons. The zero-order valence-corrected chi connectivity index (χ0v) is 16.8. The fourth-order valence-corrected chi connectivity index (χ4v) is 3.27. The van der Waals surface area contributed by atoms with Crippen LogP contribution in [-0.4, -0.2) is 40.7 Å². The van der Waals surface area contributed by atoms with Crippen LogP contribution in [0.3, 0.4) is 0 Å². The van der Waals surface area contributed by atoms with Gasteiger partial charge in [0, 0.05) is 18.5 Å². The lowest BCUT2D eigenvalue weighted by molar-refractivity contribution is -0.143. The average Bonchev–Trinajstić information content (AvgIpc) is 3.45. The summed E-state index contributed by atoms with van der Waals surface area (Å²) >= 11 is 0. The Kier molecular flexibility index (Phi) is 6.90. The molecule has 1 atom stereocenters. The standard InChI is InChI=1S/C23H30N2O3/c1-3-18(2)25(23(27)20-11-12-20)17-22(26)24(16-21-10-7-15-28-21)14-13-19-8-5-4-6-9-19/h4-10,15,18,20H,3,11-14,16-17H2,1-2H3. The molecule has 5 heteroatoms. The highest BCUT2D eigenvalue weighted by Gasteiger charge is 2.36. The molecule has 1 aromatic carbocycles. The number of benzene rings is 1. The lowest BCUT2D eigenvalue weighted by Gasteiger charge is -2.31. The highest BCUT2D eigenvalue weighted by Crippen LogP contribution is 2.32. The first-order valence-electron chi connectivity index (χ1n) is 10.2. The third-order valence-corrected chi connectivity index (χ3v) is 5.43. The summed E-state index contributed by atoms with van der Waals surface area (Å²) in [5.74, 6) is 0.972. The van der Waals surface area contributed by atoms with Crippen molar-refractivity contribution in [2.75, 3.05) is 13.1 Å². The minimum absolute atomic E-state index is 0.0263. The summed E-state index contributed by atoms with van der Waals surface area (Å²) in [5.41, 5.74) is 1.19. The number of carbonyl (C=O) groups is 2. The maximum Gasteiger partial charge on any atom is 0.242 e. The third kappa shape index (κ3) is 5.47. The number of hydrogen-bond acceptors (Lipinski definition) is 3. The van der Waals surface area contributed by atoms with Crippen LogP contribution in [0.1, 0.15) is 44.4 Å². The van der Waals surface area contributed by atoms with Crippen molar-refractivity contribution >= 4 is 11.8 Å². The van der Waals surface area contributed by atoms with Gasteiger partial charge >= 0.3 is 0 Å². The summed E-state index contributed by atoms with van der Waals surface area (Å²) in [5, 5.41) is 0. The molecule has 1 aromatic heterocycles. The average molecular weight is 383 g/mol. The van der Waals surface area contributed by atoms with Crippen LogP contribution in [0.4, 0.5) is 0 Å². The first kappa shape index (κ1) is 20.2. The van der Waals surface area contributed by atoms with Gasteiger partial charge in [-0.1, -0.05) is 37.3 Å². The molecule has 1 saturated carbocycles. The maximum atomic E-state index is 13.2. The highest BCUT2D eigenvalue weighted by molar-refractivity contribution is 5.87. The third-order valence-electron chi connectivity index (χ3n) is 5.43. The molecule has 1 fully saturated rings. The van der Waals surface area contributed by atoms with Gasteiger partial charge in [0.2, 0.25) is 11.8 Å². The number of rotatable bonds is 10. The quantitative estimate of drug-likeness (QED) is 0.626. The van der Waals surface area contributed by atoms with Gasteiger partial charge in [-0.15, -0.1) is 0 Å². The number of carbonyl (C=O) groups excluding carboxylic acids is 2. The summed E-state index contributed by atoms with van der Waals surface area (Å²) < 4.78 is 5.46. The van der Waals surface area contributed by atoms with E-state index in [9.17, 15) is 9.59 Å². The SMILES string of the molecule is CCC(C)N(CC(=O)N(CCc1ccccc1)Cc1ccco1)C(=O)C1CC1. The predicted octanol–water partition coefficient (Wildman–Crippen LogP) is 3.89. The Balaban J connectivity index is 1.69. The fraction of sp³-hybridized carbons (Fsp3) is 0.478. The lowest BCUT2D eigenvalue weighted by atomic mass is 10.1. The second-order valence-corrected chi connectivity index (χ2v) is 7.63. The Morgan fingerprint density at radius 2 is 1.89 bits per heavy atom. The van der Waals surface area contributed by atoms with Crippen molar-refractivity contribution in [3.05, 3.63) is 60.1 Å². The lowest BCUT2D eigenvalue weighted by Crippen LogP contribution is -2.47. The molecule has 0 radical (unpaired) electrons. The van der Waals surface area contributed by atoms with Crippen LogP contribution >= 0.6 is 0 Å². The molecule has 1 aliphatic rings. The number of hydrogen-bond donors (Lipinski definition) is 0. The zero-order chi connectivity index (χ0) is 19.9. The smallest absolute Gasteiger partial charge is 0.242 e. The van der Waals surface area contributed by atoms with E-state index in [1.165, 1.54) is 5.56 Å². The molecule has 0 saturated heterocycles. The first-order valence-corrected chi connectivity index (χ1v) is 10.2. The predicted molar refractivity (Wildman–Crippen MR) is 108 cm³/mol. The highest BCUT2D eigenvalue weighted by atomic mass is 16.3. The molecule has 1 unspecified atom stereocenters. The van der Waals surface area contributed by atoms with E-state index in [1.54, 1.807) is 16.1 Å². The molecule has 0 N–H and O–H groups in total. The molecule has 2 amide bonds. The van der Waals surface area contributed by atoms with Gasteiger partial charge in [-0.3, -0.25) is 9.59 Å². The molecule has 0 spiro atoms. The van der Waals surface area contributed by atoms with Crippen LogP contribution in [0.15, 0.2) is 53.1 Å². The summed E-state index contributed by atoms with van der Waals surface area (Å²) in [6.45, 7) is 5.23. The maximum absolute atomic E-state index is 13.2. The van der Waals surface area contributed by atoms with Crippen LogP contribution in [-0.2, 0) is 22.6 Å². The molecule has 1 heterocycles. The van der Waals surface area contributed by atoms with Crippen LogP contribution in [0.5, 0.6) is 0 Å². The number of furan rings is 1. The fourth-order valence-electron chi connectivity index (χ4n) is 3.27. The summed E-state index contributed by atoms with van der Waals surface area (Å²) in [4.78, 5) is 29.4. The van der Waals surface area contributed by atoms with Crippen LogP contribution in [0.2, 0.25) is 0 Å². The molecule has 3 rings (SSSR count). The largest absolute Gasteiger partial charge is 0.467 e. The summed E-state index contributed by atoms with van der Waals surface area (Å²) in [6, 6.07) is 13.9. The zero-order valence-electron chi connectivity index (χ0n) is 16.8. The van der Waals surface area contributed by atoms with E-state index in [2.05, 4.69) is 19.1 Å².